The first-order valence-electron chi connectivity index (χ1n) is 3.56. The van der Waals surface area contributed by atoms with Crippen LogP contribution in [0.5, 0.6) is 0 Å². The number of aliphatic hydroxyl groups excluding tert-OH is 5. The highest BCUT2D eigenvalue weighted by atomic mass is 16.4. The van der Waals surface area contributed by atoms with Crippen LogP contribution in [0.15, 0.2) is 0 Å². The molecule has 0 aromatic heterocycles. The van der Waals surface area contributed by atoms with E-state index in [0.29, 0.717) is 0 Å². The molecule has 0 saturated carbocycles. The van der Waals surface area contributed by atoms with Gasteiger partial charge in [-0.15, -0.1) is 0 Å². The molecule has 0 aliphatic carbocycles. The van der Waals surface area contributed by atoms with Crippen LogP contribution >= 0.6 is 0 Å². The van der Waals surface area contributed by atoms with E-state index in [1.807, 2.05) is 0 Å². The molecule has 4 atom stereocenters. The lowest BCUT2D eigenvalue weighted by Gasteiger charge is -2.24. The van der Waals surface area contributed by atoms with Gasteiger partial charge in [0.05, 0.1) is 25.4 Å². The molecule has 0 radical (unpaired) electrons. The summed E-state index contributed by atoms with van der Waals surface area (Å²) in [6.07, 6.45) is -4.44. The van der Waals surface area contributed by atoms with E-state index in [0.717, 1.165) is 0 Å². The predicted octanol–water partition coefficient (Wildman–Crippen LogP) is -3.62. The molecule has 74 valence electrons. The molecule has 0 fully saturated rings. The number of aliphatic hydroxyl groups is 5. The summed E-state index contributed by atoms with van der Waals surface area (Å²) < 4.78 is 0. The van der Waals surface area contributed by atoms with Gasteiger partial charge >= 0.3 is 0 Å². The third-order valence-corrected chi connectivity index (χ3v) is 1.58. The van der Waals surface area contributed by atoms with Crippen LogP contribution in [0.4, 0.5) is 0 Å². The summed E-state index contributed by atoms with van der Waals surface area (Å²) in [5.41, 5.74) is 5.16. The second kappa shape index (κ2) is 5.41. The normalized spacial score (nSPS) is 21.5. The van der Waals surface area contributed by atoms with E-state index in [1.54, 1.807) is 0 Å². The van der Waals surface area contributed by atoms with Crippen molar-refractivity contribution in [2.24, 2.45) is 5.73 Å². The Kier molecular flexibility index (Phi) is 5.31. The maximum absolute atomic E-state index is 9.08. The third-order valence-electron chi connectivity index (χ3n) is 1.58. The van der Waals surface area contributed by atoms with E-state index in [1.165, 1.54) is 0 Å². The molecule has 6 heteroatoms. The van der Waals surface area contributed by atoms with E-state index in [4.69, 9.17) is 31.3 Å². The standard InChI is InChI=1S/C6H15NO5/c7-3(1-8)5(11)6(12)4(10)2-9/h3-6,8-12H,1-2,7H2/t3-,4+,5-,6-/m1/s1. The van der Waals surface area contributed by atoms with Crippen molar-refractivity contribution < 1.29 is 25.5 Å². The zero-order valence-electron chi connectivity index (χ0n) is 6.54. The van der Waals surface area contributed by atoms with Crippen molar-refractivity contribution in [1.29, 1.82) is 0 Å². The molecule has 0 bridgehead atoms. The van der Waals surface area contributed by atoms with Gasteiger partial charge in [0.15, 0.2) is 0 Å². The Hall–Kier alpha value is -0.240. The molecule has 0 aromatic rings. The molecule has 0 aromatic carbocycles. The van der Waals surface area contributed by atoms with Crippen LogP contribution in [0.1, 0.15) is 0 Å². The minimum Gasteiger partial charge on any atom is -0.395 e. The molecule has 0 aliphatic rings. The van der Waals surface area contributed by atoms with E-state index in [2.05, 4.69) is 0 Å². The second-order valence-corrected chi connectivity index (χ2v) is 2.58. The lowest BCUT2D eigenvalue weighted by atomic mass is 10.0. The van der Waals surface area contributed by atoms with Gasteiger partial charge in [0.1, 0.15) is 12.2 Å². The van der Waals surface area contributed by atoms with Gasteiger partial charge in [-0.1, -0.05) is 0 Å². The van der Waals surface area contributed by atoms with E-state index < -0.39 is 37.6 Å². The number of nitrogens with two attached hydrogens (primary N) is 1. The maximum Gasteiger partial charge on any atom is 0.110 e. The van der Waals surface area contributed by atoms with Gasteiger partial charge in [0.25, 0.3) is 0 Å². The molecule has 0 rings (SSSR count). The molecule has 6 nitrogen and oxygen atoms in total. The SMILES string of the molecule is N[C@H](CO)[C@@H](O)[C@H](O)[C@@H](O)CO. The third kappa shape index (κ3) is 3.02. The summed E-state index contributed by atoms with van der Waals surface area (Å²) in [6.45, 7) is -1.17. The Bertz CT molecular complexity index is 109. The Morgan fingerprint density at radius 2 is 1.42 bits per heavy atom. The van der Waals surface area contributed by atoms with Gasteiger partial charge in [0, 0.05) is 0 Å². The molecule has 0 aliphatic heterocycles. The predicted molar refractivity (Wildman–Crippen MR) is 40.2 cm³/mol. The lowest BCUT2D eigenvalue weighted by molar-refractivity contribution is -0.0873. The molecule has 7 N–H and O–H groups in total. The van der Waals surface area contributed by atoms with Crippen LogP contribution in [0.3, 0.4) is 0 Å². The van der Waals surface area contributed by atoms with Gasteiger partial charge in [-0.05, 0) is 0 Å². The molecule has 0 saturated heterocycles. The van der Waals surface area contributed by atoms with Gasteiger partial charge in [-0.25, -0.2) is 0 Å². The topological polar surface area (TPSA) is 127 Å². The summed E-state index contributed by atoms with van der Waals surface area (Å²) in [7, 11) is 0. The van der Waals surface area contributed by atoms with Crippen LogP contribution in [0.25, 0.3) is 0 Å². The second-order valence-electron chi connectivity index (χ2n) is 2.58. The largest absolute Gasteiger partial charge is 0.395 e. The van der Waals surface area contributed by atoms with Crippen molar-refractivity contribution in [3.63, 3.8) is 0 Å². The van der Waals surface area contributed by atoms with E-state index in [-0.39, 0.29) is 0 Å². The average Bonchev–Trinajstić information content (AvgIpc) is 2.12. The molecule has 0 amide bonds. The highest BCUT2D eigenvalue weighted by Crippen LogP contribution is 2.02. The Morgan fingerprint density at radius 3 is 1.75 bits per heavy atom. The van der Waals surface area contributed by atoms with Gasteiger partial charge in [-0.2, -0.15) is 0 Å². The summed E-state index contributed by atoms with van der Waals surface area (Å²) in [5.74, 6) is 0. The highest BCUT2D eigenvalue weighted by molar-refractivity contribution is 4.82. The van der Waals surface area contributed by atoms with E-state index >= 15 is 0 Å². The van der Waals surface area contributed by atoms with E-state index in [9.17, 15) is 0 Å². The smallest absolute Gasteiger partial charge is 0.110 e. The Balaban J connectivity index is 3.99. The van der Waals surface area contributed by atoms with Crippen molar-refractivity contribution >= 4 is 0 Å². The number of hydrogen-bond acceptors (Lipinski definition) is 6. The molecule has 12 heavy (non-hydrogen) atoms. The van der Waals surface area contributed by atoms with Crippen LogP contribution in [0.2, 0.25) is 0 Å². The monoisotopic (exact) mass is 181 g/mol. The first-order chi connectivity index (χ1) is 5.54. The minimum absolute atomic E-state index is 0.504. The number of hydrogen-bond donors (Lipinski definition) is 6. The Labute approximate surface area is 69.9 Å². The van der Waals surface area contributed by atoms with Gasteiger partial charge < -0.3 is 31.3 Å². The lowest BCUT2D eigenvalue weighted by Crippen LogP contribution is -2.50. The average molecular weight is 181 g/mol. The fourth-order valence-electron chi connectivity index (χ4n) is 0.697. The Morgan fingerprint density at radius 1 is 0.917 bits per heavy atom. The van der Waals surface area contributed by atoms with Crippen molar-refractivity contribution in [3.8, 4) is 0 Å². The van der Waals surface area contributed by atoms with Crippen molar-refractivity contribution in [2.45, 2.75) is 24.4 Å². The minimum atomic E-state index is -1.54. The van der Waals surface area contributed by atoms with Crippen LogP contribution in [0, 0.1) is 0 Å². The van der Waals surface area contributed by atoms with Crippen LogP contribution in [-0.2, 0) is 0 Å². The van der Waals surface area contributed by atoms with Crippen LogP contribution in [-0.4, -0.2) is 63.1 Å². The molecule has 0 unspecified atom stereocenters. The zero-order valence-corrected chi connectivity index (χ0v) is 6.54. The fraction of sp³-hybridized carbons (Fsp3) is 1.00. The summed E-state index contributed by atoms with van der Waals surface area (Å²) in [4.78, 5) is 0. The fourth-order valence-corrected chi connectivity index (χ4v) is 0.697. The zero-order chi connectivity index (χ0) is 9.72. The molecular formula is C6H15NO5. The maximum atomic E-state index is 9.08. The number of rotatable bonds is 5. The summed E-state index contributed by atoms with van der Waals surface area (Å²) in [5, 5.41) is 43.8. The van der Waals surface area contributed by atoms with Crippen LogP contribution < -0.4 is 5.73 Å². The van der Waals surface area contributed by atoms with Crippen molar-refractivity contribution in [1.82, 2.24) is 0 Å². The molecule has 0 spiro atoms. The first-order valence-corrected chi connectivity index (χ1v) is 3.56. The summed E-state index contributed by atoms with van der Waals surface area (Å²) >= 11 is 0. The molecule has 0 heterocycles. The van der Waals surface area contributed by atoms with Crippen molar-refractivity contribution in [2.75, 3.05) is 13.2 Å². The molecular weight excluding hydrogens is 166 g/mol. The first kappa shape index (κ1) is 11.8. The highest BCUT2D eigenvalue weighted by Gasteiger charge is 2.28. The van der Waals surface area contributed by atoms with Gasteiger partial charge in [-0.3, -0.25) is 0 Å². The van der Waals surface area contributed by atoms with Crippen molar-refractivity contribution in [3.05, 3.63) is 0 Å². The van der Waals surface area contributed by atoms with Gasteiger partial charge in [0.2, 0.25) is 0 Å². The summed E-state index contributed by atoms with van der Waals surface area (Å²) in [6, 6.07) is -1.03. The quantitative estimate of drug-likeness (QED) is 0.260.